The fourth-order valence-corrected chi connectivity index (χ4v) is 6.51. The Morgan fingerprint density at radius 2 is 1.15 bits per heavy atom. The molecule has 0 saturated carbocycles. The molecule has 4 atom stereocenters. The van der Waals surface area contributed by atoms with Crippen LogP contribution in [0.4, 0.5) is 0 Å². The molecule has 33 heavy (non-hydrogen) atoms. The lowest BCUT2D eigenvalue weighted by atomic mass is 9.54. The zero-order valence-electron chi connectivity index (χ0n) is 18.4. The zero-order valence-corrected chi connectivity index (χ0v) is 18.4. The monoisotopic (exact) mass is 456 g/mol. The molecule has 4 fully saturated rings. The molecule has 0 aliphatic carbocycles. The maximum Gasteiger partial charge on any atom is 0.111 e. The Morgan fingerprint density at radius 3 is 1.55 bits per heavy atom. The Labute approximate surface area is 193 Å². The van der Waals surface area contributed by atoms with Gasteiger partial charge in [-0.1, -0.05) is 60.7 Å². The van der Waals surface area contributed by atoms with Crippen molar-refractivity contribution in [2.45, 2.75) is 47.5 Å². The van der Waals surface area contributed by atoms with Crippen molar-refractivity contribution in [1.29, 1.82) is 0 Å². The second-order valence-corrected chi connectivity index (χ2v) is 9.89. The lowest BCUT2D eigenvalue weighted by molar-refractivity contribution is -0.244. The van der Waals surface area contributed by atoms with Gasteiger partial charge in [-0.2, -0.15) is 0 Å². The summed E-state index contributed by atoms with van der Waals surface area (Å²) in [4.78, 5) is 4.15. The Hall–Kier alpha value is -1.88. The SMILES string of the molecule is OC[C@H](O)[C@@H](O)[C@H](O)[C@H](O)C1N2CC3(c4ccccc4)CN1CC(c1ccccc1)(C2)C3O. The van der Waals surface area contributed by atoms with Crippen LogP contribution in [0, 0.1) is 0 Å². The molecule has 2 aromatic rings. The number of hydrogen-bond donors (Lipinski definition) is 6. The molecule has 0 radical (unpaired) electrons. The minimum absolute atomic E-state index is 0.482. The summed E-state index contributed by atoms with van der Waals surface area (Å²) in [7, 11) is 0. The van der Waals surface area contributed by atoms with E-state index in [0.717, 1.165) is 11.1 Å². The first-order valence-electron chi connectivity index (χ1n) is 11.4. The van der Waals surface area contributed by atoms with Gasteiger partial charge in [-0.05, 0) is 11.1 Å². The quantitative estimate of drug-likeness (QED) is 0.301. The predicted octanol–water partition coefficient (Wildman–Crippen LogP) is -1.37. The number of aliphatic hydroxyl groups is 6. The van der Waals surface area contributed by atoms with Crippen LogP contribution in [0.25, 0.3) is 0 Å². The van der Waals surface area contributed by atoms with E-state index in [9.17, 15) is 25.5 Å². The first-order valence-corrected chi connectivity index (χ1v) is 11.4. The minimum Gasteiger partial charge on any atom is -0.394 e. The third-order valence-corrected chi connectivity index (χ3v) is 8.02. The fourth-order valence-electron chi connectivity index (χ4n) is 6.51. The second-order valence-electron chi connectivity index (χ2n) is 9.89. The molecular formula is C25H32N2O6. The van der Waals surface area contributed by atoms with E-state index in [2.05, 4.69) is 9.80 Å². The van der Waals surface area contributed by atoms with Crippen molar-refractivity contribution in [2.24, 2.45) is 0 Å². The number of benzene rings is 2. The summed E-state index contributed by atoms with van der Waals surface area (Å²) in [6.07, 6.45) is -7.49. The molecule has 178 valence electrons. The molecule has 0 spiro atoms. The smallest absolute Gasteiger partial charge is 0.111 e. The number of hydrogen-bond acceptors (Lipinski definition) is 8. The molecule has 4 aliphatic rings. The van der Waals surface area contributed by atoms with Crippen molar-refractivity contribution < 1.29 is 30.6 Å². The van der Waals surface area contributed by atoms with E-state index in [4.69, 9.17) is 5.11 Å². The Kier molecular flexibility index (Phi) is 5.83. The minimum atomic E-state index is -1.68. The summed E-state index contributed by atoms with van der Waals surface area (Å²) in [6.45, 7) is 1.21. The molecule has 6 N–H and O–H groups in total. The van der Waals surface area contributed by atoms with Crippen LogP contribution < -0.4 is 0 Å². The summed E-state index contributed by atoms with van der Waals surface area (Å²) in [6, 6.07) is 19.8. The van der Waals surface area contributed by atoms with Crippen molar-refractivity contribution in [3.63, 3.8) is 0 Å². The van der Waals surface area contributed by atoms with E-state index in [1.165, 1.54) is 0 Å². The second kappa shape index (κ2) is 8.41. The van der Waals surface area contributed by atoms with Crippen LogP contribution >= 0.6 is 0 Å². The largest absolute Gasteiger partial charge is 0.394 e. The van der Waals surface area contributed by atoms with Crippen LogP contribution in [-0.2, 0) is 10.8 Å². The summed E-state index contributed by atoms with van der Waals surface area (Å²) in [5.74, 6) is 0. The molecule has 0 aromatic heterocycles. The van der Waals surface area contributed by atoms with Crippen LogP contribution in [0.3, 0.4) is 0 Å². The average molecular weight is 457 g/mol. The van der Waals surface area contributed by atoms with Crippen LogP contribution in [0.5, 0.6) is 0 Å². The normalized spacial score (nSPS) is 38.6. The van der Waals surface area contributed by atoms with Crippen molar-refractivity contribution in [3.05, 3.63) is 71.8 Å². The average Bonchev–Trinajstić information content (AvgIpc) is 2.85. The van der Waals surface area contributed by atoms with Crippen LogP contribution in [-0.4, -0.2) is 110 Å². The number of nitrogens with zero attached hydrogens (tertiary/aromatic N) is 2. The Morgan fingerprint density at radius 1 is 0.727 bits per heavy atom. The van der Waals surface area contributed by atoms with Gasteiger partial charge in [0.15, 0.2) is 0 Å². The van der Waals surface area contributed by atoms with Gasteiger partial charge in [0, 0.05) is 37.0 Å². The zero-order chi connectivity index (χ0) is 23.4. The van der Waals surface area contributed by atoms with Gasteiger partial charge in [-0.25, -0.2) is 0 Å². The molecule has 4 heterocycles. The molecule has 6 rings (SSSR count). The van der Waals surface area contributed by atoms with E-state index in [1.54, 1.807) is 0 Å². The highest BCUT2D eigenvalue weighted by molar-refractivity contribution is 5.42. The molecule has 2 aromatic carbocycles. The summed E-state index contributed by atoms with van der Waals surface area (Å²) in [5, 5.41) is 62.7. The van der Waals surface area contributed by atoms with Crippen LogP contribution in [0.2, 0.25) is 0 Å². The lowest BCUT2D eigenvalue weighted by Crippen LogP contribution is -2.85. The van der Waals surface area contributed by atoms with E-state index >= 15 is 0 Å². The van der Waals surface area contributed by atoms with Crippen molar-refractivity contribution in [2.75, 3.05) is 32.8 Å². The molecule has 0 amide bonds. The number of aliphatic hydroxyl groups excluding tert-OH is 6. The number of rotatable bonds is 7. The molecule has 8 nitrogen and oxygen atoms in total. The molecule has 8 heteroatoms. The van der Waals surface area contributed by atoms with Crippen molar-refractivity contribution >= 4 is 0 Å². The topological polar surface area (TPSA) is 128 Å². The van der Waals surface area contributed by atoms with Gasteiger partial charge in [0.1, 0.15) is 24.4 Å². The maximum absolute atomic E-state index is 11.9. The Bertz CT molecular complexity index is 884. The summed E-state index contributed by atoms with van der Waals surface area (Å²) >= 11 is 0. The first-order chi connectivity index (χ1) is 15.8. The summed E-state index contributed by atoms with van der Waals surface area (Å²) in [5.41, 5.74) is 0.878. The van der Waals surface area contributed by atoms with Gasteiger partial charge in [-0.3, -0.25) is 9.80 Å². The highest BCUT2D eigenvalue weighted by atomic mass is 16.4. The van der Waals surface area contributed by atoms with E-state index in [-0.39, 0.29) is 0 Å². The van der Waals surface area contributed by atoms with Crippen molar-refractivity contribution in [1.82, 2.24) is 9.80 Å². The van der Waals surface area contributed by atoms with Crippen LogP contribution in [0.15, 0.2) is 60.7 Å². The van der Waals surface area contributed by atoms with E-state index in [1.807, 2.05) is 60.7 Å². The first kappa shape index (κ1) is 22.9. The Balaban J connectivity index is 1.55. The molecule has 4 saturated heterocycles. The summed E-state index contributed by atoms with van der Waals surface area (Å²) < 4.78 is 0. The molecule has 0 unspecified atom stereocenters. The number of piperidine rings is 2. The van der Waals surface area contributed by atoms with Gasteiger partial charge < -0.3 is 30.6 Å². The lowest BCUT2D eigenvalue weighted by Gasteiger charge is -2.70. The van der Waals surface area contributed by atoms with Gasteiger partial charge in [0.25, 0.3) is 0 Å². The third-order valence-electron chi connectivity index (χ3n) is 8.02. The molecule has 4 aliphatic heterocycles. The third kappa shape index (κ3) is 3.37. The van der Waals surface area contributed by atoms with E-state index in [0.29, 0.717) is 26.2 Å². The van der Waals surface area contributed by atoms with Gasteiger partial charge in [0.2, 0.25) is 0 Å². The molecule has 4 bridgehead atoms. The van der Waals surface area contributed by atoms with E-state index < -0.39 is 54.1 Å². The van der Waals surface area contributed by atoms with Gasteiger partial charge in [-0.15, -0.1) is 0 Å². The standard InChI is InChI=1S/C25H32N2O6/c28-11-18(29)19(30)20(31)21(32)22-26-12-24(16-7-3-1-4-8-16)13-27(22)15-25(14-26,23(24)33)17-9-5-2-6-10-17/h1-10,18-23,28-33H,11-15H2/t18-,19+,20-,21-,22?,23?,24?,25?/m0/s1. The van der Waals surface area contributed by atoms with Gasteiger partial charge >= 0.3 is 0 Å². The predicted molar refractivity (Wildman–Crippen MR) is 120 cm³/mol. The van der Waals surface area contributed by atoms with Crippen molar-refractivity contribution in [3.8, 4) is 0 Å². The fraction of sp³-hybridized carbons (Fsp3) is 0.520. The highest BCUT2D eigenvalue weighted by Gasteiger charge is 2.67. The maximum atomic E-state index is 11.9. The highest BCUT2D eigenvalue weighted by Crippen LogP contribution is 2.54. The van der Waals surface area contributed by atoms with Crippen LogP contribution in [0.1, 0.15) is 11.1 Å². The van der Waals surface area contributed by atoms with Gasteiger partial charge in [0.05, 0.1) is 18.9 Å². The molecular weight excluding hydrogens is 424 g/mol.